The summed E-state index contributed by atoms with van der Waals surface area (Å²) in [5, 5.41) is 4.79. The zero-order chi connectivity index (χ0) is 41.3. The van der Waals surface area contributed by atoms with E-state index in [1.165, 1.54) is 83.1 Å². The van der Waals surface area contributed by atoms with Gasteiger partial charge in [-0.25, -0.2) is 9.97 Å². The maximum atomic E-state index is 5.47. The Bertz CT molecular complexity index is 3640. The highest BCUT2D eigenvalue weighted by Crippen LogP contribution is 2.54. The molecule has 8 aromatic carbocycles. The van der Waals surface area contributed by atoms with Gasteiger partial charge in [-0.1, -0.05) is 172 Å². The highest BCUT2D eigenvalue weighted by molar-refractivity contribution is 6.10. The monoisotopic (exact) mass is 794 g/mol. The molecule has 3 aromatic heterocycles. The first-order chi connectivity index (χ1) is 30.5. The van der Waals surface area contributed by atoms with Crippen LogP contribution in [0, 0.1) is 0 Å². The quantitative estimate of drug-likeness (QED) is 0.178. The first-order valence-corrected chi connectivity index (χ1v) is 21.8. The lowest BCUT2D eigenvalue weighted by atomic mass is 9.71. The van der Waals surface area contributed by atoms with Crippen molar-refractivity contribution in [2.24, 2.45) is 0 Å². The summed E-state index contributed by atoms with van der Waals surface area (Å²) >= 11 is 0. The number of rotatable bonds is 4. The van der Waals surface area contributed by atoms with E-state index in [-0.39, 0.29) is 17.3 Å². The molecule has 11 aromatic rings. The minimum absolute atomic E-state index is 0.0696. The number of benzene rings is 8. The van der Waals surface area contributed by atoms with Gasteiger partial charge in [0.05, 0.1) is 27.8 Å². The van der Waals surface area contributed by atoms with E-state index in [1.54, 1.807) is 0 Å². The van der Waals surface area contributed by atoms with Gasteiger partial charge < -0.3 is 4.57 Å². The molecule has 2 aliphatic carbocycles. The second-order valence-corrected chi connectivity index (χ2v) is 17.8. The van der Waals surface area contributed by atoms with Gasteiger partial charge in [0.15, 0.2) is 0 Å². The van der Waals surface area contributed by atoms with Gasteiger partial charge in [0, 0.05) is 61.3 Å². The second kappa shape index (κ2) is 13.0. The third-order valence-corrected chi connectivity index (χ3v) is 14.1. The summed E-state index contributed by atoms with van der Waals surface area (Å²) in [5.74, 6) is 0.847. The normalized spacial score (nSPS) is 16.1. The number of hydrogen-bond acceptors (Lipinski definition) is 2. The molecule has 2 aliphatic rings. The molecule has 0 fully saturated rings. The fourth-order valence-electron chi connectivity index (χ4n) is 11.4. The van der Waals surface area contributed by atoms with Crippen LogP contribution in [-0.2, 0) is 5.41 Å². The molecule has 13 rings (SSSR count). The smallest absolute Gasteiger partial charge is 0.235 e. The fourth-order valence-corrected chi connectivity index (χ4v) is 11.4. The molecular weight excluding hydrogens is 753 g/mol. The van der Waals surface area contributed by atoms with E-state index >= 15 is 0 Å². The molecule has 62 heavy (non-hydrogen) atoms. The van der Waals surface area contributed by atoms with Crippen LogP contribution in [-0.4, -0.2) is 19.1 Å². The molecule has 4 heteroatoms. The highest BCUT2D eigenvalue weighted by Gasteiger charge is 2.38. The lowest BCUT2D eigenvalue weighted by molar-refractivity contribution is 0.619. The maximum absolute atomic E-state index is 5.47. The first kappa shape index (κ1) is 35.2. The molecule has 3 heterocycles. The summed E-state index contributed by atoms with van der Waals surface area (Å²) in [4.78, 5) is 10.8. The molecule has 4 nitrogen and oxygen atoms in total. The minimum Gasteiger partial charge on any atom is -0.309 e. The van der Waals surface area contributed by atoms with Crippen molar-refractivity contribution in [3.8, 4) is 45.1 Å². The lowest BCUT2D eigenvalue weighted by Gasteiger charge is -2.33. The van der Waals surface area contributed by atoms with Gasteiger partial charge in [0.1, 0.15) is 0 Å². The van der Waals surface area contributed by atoms with Crippen molar-refractivity contribution in [3.05, 3.63) is 216 Å². The van der Waals surface area contributed by atoms with E-state index in [4.69, 9.17) is 9.97 Å². The van der Waals surface area contributed by atoms with Gasteiger partial charge in [-0.2, -0.15) is 0 Å². The summed E-state index contributed by atoms with van der Waals surface area (Å²) in [6.45, 7) is 7.15. The van der Waals surface area contributed by atoms with Crippen molar-refractivity contribution in [2.75, 3.05) is 0 Å². The lowest BCUT2D eigenvalue weighted by Crippen LogP contribution is -2.20. The zero-order valence-corrected chi connectivity index (χ0v) is 34.8. The molecule has 294 valence electrons. The van der Waals surface area contributed by atoms with E-state index in [0.717, 1.165) is 27.7 Å². The minimum atomic E-state index is -0.0973. The van der Waals surface area contributed by atoms with Crippen LogP contribution in [0.1, 0.15) is 60.6 Å². The van der Waals surface area contributed by atoms with Crippen molar-refractivity contribution in [1.82, 2.24) is 19.1 Å². The predicted molar refractivity (Wildman–Crippen MR) is 256 cm³/mol. The van der Waals surface area contributed by atoms with Crippen LogP contribution in [0.2, 0.25) is 0 Å². The molecule has 2 atom stereocenters. The summed E-state index contributed by atoms with van der Waals surface area (Å²) in [5.41, 5.74) is 19.5. The Morgan fingerprint density at radius 3 is 1.97 bits per heavy atom. The Morgan fingerprint density at radius 2 is 1.13 bits per heavy atom. The number of aromatic nitrogens is 4. The number of hydrogen-bond donors (Lipinski definition) is 0. The van der Waals surface area contributed by atoms with Crippen LogP contribution in [0.5, 0.6) is 0 Å². The van der Waals surface area contributed by atoms with Gasteiger partial charge in [0.2, 0.25) is 5.95 Å². The van der Waals surface area contributed by atoms with Crippen molar-refractivity contribution in [2.45, 2.75) is 38.0 Å². The zero-order valence-electron chi connectivity index (χ0n) is 34.8. The van der Waals surface area contributed by atoms with E-state index in [0.29, 0.717) is 5.95 Å². The van der Waals surface area contributed by atoms with Crippen LogP contribution in [0.3, 0.4) is 0 Å². The van der Waals surface area contributed by atoms with Gasteiger partial charge in [-0.3, -0.25) is 4.57 Å². The Balaban J connectivity index is 1.04. The molecule has 0 saturated carbocycles. The third kappa shape index (κ3) is 4.83. The molecule has 2 unspecified atom stereocenters. The van der Waals surface area contributed by atoms with Crippen LogP contribution in [0.4, 0.5) is 0 Å². The standard InChI is InChI=1S/C58H42N4/c1-35-53(37-29-31-42-41-20-11-15-27-50(41)61(52(42)33-37)38-30-32-40-39-19-9-13-25-47(39)58(2,3)48(40)34-38)43-21-7-8-22-44(43)54-46-24-12-16-28-51(46)62(56(35)54)57-59-49-26-14-10-23-45(49)55(60-57)36-17-5-4-6-18-36/h4-35,53H,1-3H3. The summed E-state index contributed by atoms with van der Waals surface area (Å²) < 4.78 is 4.88. The number of nitrogens with zero attached hydrogens (tertiary/aromatic N) is 4. The largest absolute Gasteiger partial charge is 0.309 e. The molecule has 0 spiro atoms. The van der Waals surface area contributed by atoms with Crippen molar-refractivity contribution >= 4 is 43.6 Å². The van der Waals surface area contributed by atoms with Crippen molar-refractivity contribution in [1.29, 1.82) is 0 Å². The summed E-state index contributed by atoms with van der Waals surface area (Å²) in [6, 6.07) is 69.0. The van der Waals surface area contributed by atoms with E-state index in [9.17, 15) is 0 Å². The fraction of sp³-hybridized carbons (Fsp3) is 0.103. The van der Waals surface area contributed by atoms with Gasteiger partial charge in [-0.15, -0.1) is 0 Å². The second-order valence-electron chi connectivity index (χ2n) is 17.8. The molecule has 0 amide bonds. The summed E-state index contributed by atoms with van der Waals surface area (Å²) in [6.07, 6.45) is 0. The van der Waals surface area contributed by atoms with Crippen LogP contribution >= 0.6 is 0 Å². The Hall–Kier alpha value is -7.56. The molecule has 0 saturated heterocycles. The number of fused-ring (bicyclic) bond motifs is 12. The van der Waals surface area contributed by atoms with Crippen LogP contribution in [0.15, 0.2) is 188 Å². The Morgan fingerprint density at radius 1 is 0.484 bits per heavy atom. The average Bonchev–Trinajstić information content (AvgIpc) is 3.92. The third-order valence-electron chi connectivity index (χ3n) is 14.1. The molecular formula is C58H42N4. The SMILES string of the molecule is CC1c2c(c3ccccc3n2-c2nc(-c3ccccc3)c3ccccc3n2)-c2ccccc2C1c1ccc2c3ccccc3n(-c3ccc4c(c3)C(C)(C)c3ccccc3-4)c2c1. The van der Waals surface area contributed by atoms with Gasteiger partial charge in [-0.05, 0) is 75.3 Å². The first-order valence-electron chi connectivity index (χ1n) is 21.8. The molecule has 0 aliphatic heterocycles. The molecule has 0 bridgehead atoms. The molecule has 0 radical (unpaired) electrons. The molecule has 0 N–H and O–H groups in total. The van der Waals surface area contributed by atoms with Crippen LogP contribution in [0.25, 0.3) is 88.8 Å². The van der Waals surface area contributed by atoms with E-state index < -0.39 is 0 Å². The Labute approximate surface area is 360 Å². The number of para-hydroxylation sites is 3. The van der Waals surface area contributed by atoms with Crippen molar-refractivity contribution in [3.63, 3.8) is 0 Å². The highest BCUT2D eigenvalue weighted by atomic mass is 15.2. The maximum Gasteiger partial charge on any atom is 0.235 e. The van der Waals surface area contributed by atoms with Crippen molar-refractivity contribution < 1.29 is 0 Å². The topological polar surface area (TPSA) is 35.6 Å². The van der Waals surface area contributed by atoms with Gasteiger partial charge >= 0.3 is 0 Å². The Kier molecular flexibility index (Phi) is 7.37. The average molecular weight is 795 g/mol. The van der Waals surface area contributed by atoms with E-state index in [1.807, 2.05) is 0 Å². The van der Waals surface area contributed by atoms with Crippen LogP contribution < -0.4 is 0 Å². The van der Waals surface area contributed by atoms with Gasteiger partial charge in [0.25, 0.3) is 0 Å². The van der Waals surface area contributed by atoms with E-state index in [2.05, 4.69) is 218 Å². The summed E-state index contributed by atoms with van der Waals surface area (Å²) in [7, 11) is 0. The predicted octanol–water partition coefficient (Wildman–Crippen LogP) is 14.6.